The third kappa shape index (κ3) is 6.00. The van der Waals surface area contributed by atoms with Gasteiger partial charge < -0.3 is 31.6 Å². The minimum absolute atomic E-state index is 0. The van der Waals surface area contributed by atoms with Crippen LogP contribution >= 0.6 is 0 Å². The van der Waals surface area contributed by atoms with Crippen LogP contribution in [0, 0.1) is 0 Å². The van der Waals surface area contributed by atoms with Crippen LogP contribution in [0.5, 0.6) is 11.5 Å². The van der Waals surface area contributed by atoms with Crippen molar-refractivity contribution in [2.45, 2.75) is 0 Å². The predicted molar refractivity (Wildman–Crippen MR) is 78.8 cm³/mol. The third-order valence-corrected chi connectivity index (χ3v) is 2.73. The van der Waals surface area contributed by atoms with E-state index in [1.165, 1.54) is 13.3 Å². The predicted octanol–water partition coefficient (Wildman–Crippen LogP) is 0.252. The summed E-state index contributed by atoms with van der Waals surface area (Å²) in [5, 5.41) is 30.7. The van der Waals surface area contributed by atoms with E-state index < -0.39 is 5.90 Å². The zero-order chi connectivity index (χ0) is 15.2. The second-order valence-corrected chi connectivity index (χ2v) is 4.15. The number of hydrogen-bond donors (Lipinski definition) is 1. The summed E-state index contributed by atoms with van der Waals surface area (Å²) >= 11 is 0. The number of ether oxygens (including phenoxy) is 1. The summed E-state index contributed by atoms with van der Waals surface area (Å²) in [6, 6.07) is 11.1. The molecule has 24 heavy (non-hydrogen) atoms. The van der Waals surface area contributed by atoms with E-state index in [2.05, 4.69) is 10.2 Å². The van der Waals surface area contributed by atoms with Crippen LogP contribution in [0.3, 0.4) is 0 Å². The van der Waals surface area contributed by atoms with E-state index >= 15 is 0 Å². The zero-order valence-corrected chi connectivity index (χ0v) is 14.5. The van der Waals surface area contributed by atoms with E-state index in [1.807, 2.05) is 0 Å². The number of anilines is 1. The maximum atomic E-state index is 11.8. The smallest absolute Gasteiger partial charge is 0.111 e. The molecule has 0 bridgehead atoms. The van der Waals surface area contributed by atoms with Crippen LogP contribution in [-0.2, 0) is 32.0 Å². The summed E-state index contributed by atoms with van der Waals surface area (Å²) in [7, 11) is 1.41. The summed E-state index contributed by atoms with van der Waals surface area (Å²) in [4.78, 5) is 0. The minimum Gasteiger partial charge on any atom is -2.00 e. The van der Waals surface area contributed by atoms with Crippen molar-refractivity contribution in [2.24, 2.45) is 10.2 Å². The Morgan fingerprint density at radius 1 is 1.12 bits per heavy atom. The van der Waals surface area contributed by atoms with Gasteiger partial charge in [-0.15, -0.1) is 0 Å². The van der Waals surface area contributed by atoms with Gasteiger partial charge in [-0.2, -0.15) is 10.2 Å². The van der Waals surface area contributed by atoms with Gasteiger partial charge in [-0.05, 0) is 29.3 Å². The number of hydrogen-bond acceptors (Lipinski definition) is 6. The Balaban J connectivity index is 0. The SMILES string of the molecule is COc1cccc(/C=N/N=C(\[O-])c2ccc(N)cc2)c1[O-].[Mo].[O-2].[O-2]. The molecule has 8 nitrogen and oxygen atoms in total. The monoisotopic (exact) mass is 413 g/mol. The van der Waals surface area contributed by atoms with Crippen LogP contribution in [0.2, 0.25) is 0 Å². The van der Waals surface area contributed by atoms with Crippen molar-refractivity contribution in [1.29, 1.82) is 0 Å². The molecule has 0 fully saturated rings. The van der Waals surface area contributed by atoms with E-state index in [9.17, 15) is 10.2 Å². The fourth-order valence-corrected chi connectivity index (χ4v) is 1.62. The van der Waals surface area contributed by atoms with Crippen molar-refractivity contribution >= 4 is 17.8 Å². The molecule has 0 radical (unpaired) electrons. The molecule has 2 rings (SSSR count). The molecule has 0 aromatic heterocycles. The molecular weight excluding hydrogens is 398 g/mol. The number of nitrogens with zero attached hydrogens (tertiary/aromatic N) is 2. The topological polar surface area (TPSA) is 163 Å². The van der Waals surface area contributed by atoms with Gasteiger partial charge in [0.15, 0.2) is 0 Å². The van der Waals surface area contributed by atoms with Gasteiger partial charge in [-0.3, -0.25) is 0 Å². The zero-order valence-electron chi connectivity index (χ0n) is 12.5. The van der Waals surface area contributed by atoms with Gasteiger partial charge in [0.2, 0.25) is 0 Å². The second kappa shape index (κ2) is 11.2. The van der Waals surface area contributed by atoms with Crippen LogP contribution in [0.15, 0.2) is 52.7 Å². The Morgan fingerprint density at radius 3 is 2.33 bits per heavy atom. The minimum atomic E-state index is -0.512. The molecular formula is C15H13MoN3O5-6. The normalized spacial score (nSPS) is 10.3. The van der Waals surface area contributed by atoms with Gasteiger partial charge in [0.05, 0.1) is 13.3 Å². The molecule has 9 heteroatoms. The van der Waals surface area contributed by atoms with Gasteiger partial charge in [0, 0.05) is 32.7 Å². The largest absolute Gasteiger partial charge is 2.00 e. The Labute approximate surface area is 153 Å². The first kappa shape index (κ1) is 23.8. The summed E-state index contributed by atoms with van der Waals surface area (Å²) in [5.74, 6) is -0.607. The van der Waals surface area contributed by atoms with Crippen molar-refractivity contribution in [2.75, 3.05) is 12.8 Å². The Bertz CT molecular complexity index is 690. The molecule has 0 aliphatic heterocycles. The second-order valence-electron chi connectivity index (χ2n) is 4.15. The van der Waals surface area contributed by atoms with Gasteiger partial charge >= 0.3 is 0 Å². The quantitative estimate of drug-likeness (QED) is 0.251. The number of nitrogens with two attached hydrogens (primary N) is 1. The molecule has 0 saturated heterocycles. The number of benzene rings is 2. The molecule has 0 aliphatic carbocycles. The fourth-order valence-electron chi connectivity index (χ4n) is 1.62. The maximum absolute atomic E-state index is 11.8. The maximum Gasteiger partial charge on any atom is 0.111 e. The van der Waals surface area contributed by atoms with Crippen LogP contribution < -0.4 is 20.7 Å². The van der Waals surface area contributed by atoms with Crippen molar-refractivity contribution in [3.63, 3.8) is 0 Å². The van der Waals surface area contributed by atoms with Crippen LogP contribution in [0.1, 0.15) is 11.1 Å². The van der Waals surface area contributed by atoms with Gasteiger partial charge in [0.1, 0.15) is 5.75 Å². The van der Waals surface area contributed by atoms with E-state index in [1.54, 1.807) is 42.5 Å². The van der Waals surface area contributed by atoms with Crippen molar-refractivity contribution < 1.29 is 47.0 Å². The average Bonchev–Trinajstić information content (AvgIpc) is 2.49. The number of rotatable bonds is 4. The van der Waals surface area contributed by atoms with E-state index in [0.717, 1.165) is 0 Å². The molecule has 0 amide bonds. The molecule has 0 atom stereocenters. The summed E-state index contributed by atoms with van der Waals surface area (Å²) in [5.41, 5.74) is 6.75. The number of para-hydroxylation sites is 1. The summed E-state index contributed by atoms with van der Waals surface area (Å²) < 4.78 is 4.91. The molecule has 0 spiro atoms. The first-order chi connectivity index (χ1) is 10.1. The van der Waals surface area contributed by atoms with Gasteiger partial charge in [-0.1, -0.05) is 30.0 Å². The Kier molecular flexibility index (Phi) is 11.1. The standard InChI is InChI=1S/C15H15N3O3.Mo.2O/c1-21-13-4-2-3-11(14(13)19)9-17-18-15(20)10-5-7-12(16)8-6-10;;;/h2-9,19H,16H2,1H3,(H,18,20);;;/q;;2*-2/p-2/b17-9+;;;. The van der Waals surface area contributed by atoms with E-state index in [-0.39, 0.29) is 43.5 Å². The molecule has 2 aromatic carbocycles. The number of methoxy groups -OCH3 is 1. The third-order valence-electron chi connectivity index (χ3n) is 2.73. The molecule has 0 unspecified atom stereocenters. The van der Waals surface area contributed by atoms with Crippen molar-refractivity contribution in [3.8, 4) is 11.5 Å². The van der Waals surface area contributed by atoms with Crippen LogP contribution in [-0.4, -0.2) is 19.2 Å². The molecule has 130 valence electrons. The molecule has 0 aliphatic rings. The Morgan fingerprint density at radius 2 is 1.75 bits per heavy atom. The van der Waals surface area contributed by atoms with Crippen molar-refractivity contribution in [1.82, 2.24) is 0 Å². The molecule has 2 N–H and O–H groups in total. The fraction of sp³-hybridized carbons (Fsp3) is 0.0667. The van der Waals surface area contributed by atoms with Crippen LogP contribution in [0.4, 0.5) is 5.69 Å². The summed E-state index contributed by atoms with van der Waals surface area (Å²) in [6.07, 6.45) is 1.22. The van der Waals surface area contributed by atoms with Crippen molar-refractivity contribution in [3.05, 3.63) is 53.6 Å². The first-order valence-corrected chi connectivity index (χ1v) is 6.10. The van der Waals surface area contributed by atoms with Crippen LogP contribution in [0.25, 0.3) is 0 Å². The number of nitrogen functional groups attached to an aromatic ring is 1. The average molecular weight is 411 g/mol. The Hall–Kier alpha value is -2.41. The van der Waals surface area contributed by atoms with Gasteiger partial charge in [-0.25, -0.2) is 0 Å². The molecule has 2 aromatic rings. The first-order valence-electron chi connectivity index (χ1n) is 6.10. The van der Waals surface area contributed by atoms with E-state index in [4.69, 9.17) is 10.5 Å². The summed E-state index contributed by atoms with van der Waals surface area (Å²) in [6.45, 7) is 0. The molecule has 0 heterocycles. The molecule has 0 saturated carbocycles. The van der Waals surface area contributed by atoms with Gasteiger partial charge in [0.25, 0.3) is 0 Å². The van der Waals surface area contributed by atoms with E-state index in [0.29, 0.717) is 16.8 Å².